The maximum Gasteiger partial charge on any atom is 0.0137 e. The lowest BCUT2D eigenvalue weighted by atomic mass is 9.83. The smallest absolute Gasteiger partial charge is 0.0137 e. The Balaban J connectivity index is 2.67. The summed E-state index contributed by atoms with van der Waals surface area (Å²) in [6.07, 6.45) is 0.997. The fraction of sp³-hybridized carbons (Fsp3) is 0.625. The second-order valence-electron chi connectivity index (χ2n) is 6.53. The van der Waals surface area contributed by atoms with Gasteiger partial charge in [-0.25, -0.2) is 0 Å². The maximum atomic E-state index is 5.64. The van der Waals surface area contributed by atoms with E-state index >= 15 is 0 Å². The van der Waals surface area contributed by atoms with E-state index in [9.17, 15) is 0 Å². The molecule has 2 heteroatoms. The second kappa shape index (κ2) is 5.85. The van der Waals surface area contributed by atoms with Crippen LogP contribution in [0.3, 0.4) is 0 Å². The van der Waals surface area contributed by atoms with Gasteiger partial charge in [-0.2, -0.15) is 0 Å². The summed E-state index contributed by atoms with van der Waals surface area (Å²) in [6.45, 7) is 12.8. The predicted octanol–water partition coefficient (Wildman–Crippen LogP) is 2.99. The SMILES string of the molecule is Cc1ccc(C(C)(C)CNC(C)(C)CCN)cc1. The first kappa shape index (κ1) is 15.2. The van der Waals surface area contributed by atoms with Crippen molar-refractivity contribution in [2.45, 2.75) is 52.0 Å². The Labute approximate surface area is 112 Å². The number of nitrogens with one attached hydrogen (secondary N) is 1. The summed E-state index contributed by atoms with van der Waals surface area (Å²) >= 11 is 0. The first-order valence-corrected chi connectivity index (χ1v) is 6.79. The normalized spacial score (nSPS) is 12.8. The van der Waals surface area contributed by atoms with Crippen molar-refractivity contribution in [2.24, 2.45) is 5.73 Å². The maximum absolute atomic E-state index is 5.64. The third kappa shape index (κ3) is 4.43. The van der Waals surface area contributed by atoms with Gasteiger partial charge in [0.1, 0.15) is 0 Å². The zero-order chi connectivity index (χ0) is 13.8. The fourth-order valence-electron chi connectivity index (χ4n) is 2.02. The van der Waals surface area contributed by atoms with E-state index in [1.807, 2.05) is 0 Å². The minimum absolute atomic E-state index is 0.108. The molecule has 102 valence electrons. The number of aryl methyl sites for hydroxylation is 1. The van der Waals surface area contributed by atoms with E-state index in [4.69, 9.17) is 5.73 Å². The van der Waals surface area contributed by atoms with Gasteiger partial charge in [0.2, 0.25) is 0 Å². The van der Waals surface area contributed by atoms with Gasteiger partial charge in [0.05, 0.1) is 0 Å². The molecule has 1 aromatic rings. The topological polar surface area (TPSA) is 38.0 Å². The average molecular weight is 248 g/mol. The van der Waals surface area contributed by atoms with Gasteiger partial charge >= 0.3 is 0 Å². The summed E-state index contributed by atoms with van der Waals surface area (Å²) in [4.78, 5) is 0. The molecule has 0 aliphatic heterocycles. The predicted molar refractivity (Wildman–Crippen MR) is 80.0 cm³/mol. The van der Waals surface area contributed by atoms with Crippen molar-refractivity contribution in [1.82, 2.24) is 5.32 Å². The van der Waals surface area contributed by atoms with Crippen LogP contribution in [0.1, 0.15) is 45.2 Å². The van der Waals surface area contributed by atoms with E-state index in [1.165, 1.54) is 11.1 Å². The molecule has 0 heterocycles. The minimum Gasteiger partial charge on any atom is -0.330 e. The van der Waals surface area contributed by atoms with Crippen LogP contribution >= 0.6 is 0 Å². The van der Waals surface area contributed by atoms with Crippen molar-refractivity contribution in [3.05, 3.63) is 35.4 Å². The molecule has 0 aliphatic carbocycles. The Morgan fingerprint density at radius 1 is 1.06 bits per heavy atom. The molecule has 0 bridgehead atoms. The third-order valence-corrected chi connectivity index (χ3v) is 3.61. The van der Waals surface area contributed by atoms with Crippen LogP contribution in [0.2, 0.25) is 0 Å². The largest absolute Gasteiger partial charge is 0.330 e. The van der Waals surface area contributed by atoms with Crippen LogP contribution in [0, 0.1) is 6.92 Å². The molecule has 0 amide bonds. The van der Waals surface area contributed by atoms with Crippen LogP contribution in [-0.2, 0) is 5.41 Å². The molecule has 0 saturated heterocycles. The minimum atomic E-state index is 0.108. The van der Waals surface area contributed by atoms with Gasteiger partial charge in [0.25, 0.3) is 0 Å². The molecule has 0 atom stereocenters. The summed E-state index contributed by atoms with van der Waals surface area (Å²) in [5, 5.41) is 3.63. The number of nitrogens with two attached hydrogens (primary N) is 1. The number of benzene rings is 1. The third-order valence-electron chi connectivity index (χ3n) is 3.61. The highest BCUT2D eigenvalue weighted by Crippen LogP contribution is 2.23. The molecule has 0 aliphatic rings. The number of hydrogen-bond acceptors (Lipinski definition) is 2. The highest BCUT2D eigenvalue weighted by Gasteiger charge is 2.24. The Kier molecular flexibility index (Phi) is 4.94. The van der Waals surface area contributed by atoms with Crippen LogP contribution in [0.4, 0.5) is 0 Å². The van der Waals surface area contributed by atoms with Crippen molar-refractivity contribution in [2.75, 3.05) is 13.1 Å². The standard InChI is InChI=1S/C16H28N2/c1-13-6-8-14(9-7-13)15(2,3)12-18-16(4,5)10-11-17/h6-9,18H,10-12,17H2,1-5H3. The van der Waals surface area contributed by atoms with Crippen molar-refractivity contribution in [1.29, 1.82) is 0 Å². The van der Waals surface area contributed by atoms with E-state index in [1.54, 1.807) is 0 Å². The average Bonchev–Trinajstić information content (AvgIpc) is 2.27. The summed E-state index contributed by atoms with van der Waals surface area (Å²) in [7, 11) is 0. The molecule has 1 rings (SSSR count). The Bertz CT molecular complexity index is 363. The molecule has 0 radical (unpaired) electrons. The molecule has 0 spiro atoms. The van der Waals surface area contributed by atoms with E-state index < -0.39 is 0 Å². The van der Waals surface area contributed by atoms with E-state index in [0.29, 0.717) is 0 Å². The molecule has 0 unspecified atom stereocenters. The Morgan fingerprint density at radius 2 is 1.61 bits per heavy atom. The molecule has 2 nitrogen and oxygen atoms in total. The van der Waals surface area contributed by atoms with Crippen molar-refractivity contribution >= 4 is 0 Å². The molecule has 0 aromatic heterocycles. The van der Waals surface area contributed by atoms with E-state index in [0.717, 1.165) is 19.5 Å². The van der Waals surface area contributed by atoms with Crippen LogP contribution < -0.4 is 11.1 Å². The molecule has 0 fully saturated rings. The summed E-state index contributed by atoms with van der Waals surface area (Å²) in [6, 6.07) is 8.82. The van der Waals surface area contributed by atoms with Crippen LogP contribution in [-0.4, -0.2) is 18.6 Å². The molecule has 1 aromatic carbocycles. The lowest BCUT2D eigenvalue weighted by molar-refractivity contribution is 0.326. The van der Waals surface area contributed by atoms with Gasteiger partial charge in [-0.3, -0.25) is 0 Å². The summed E-state index contributed by atoms with van der Waals surface area (Å²) in [5.41, 5.74) is 8.58. The lowest BCUT2D eigenvalue weighted by Gasteiger charge is -2.33. The van der Waals surface area contributed by atoms with Crippen molar-refractivity contribution < 1.29 is 0 Å². The molecule has 0 saturated carbocycles. The molecular formula is C16H28N2. The van der Waals surface area contributed by atoms with Crippen LogP contribution in [0.25, 0.3) is 0 Å². The van der Waals surface area contributed by atoms with Gasteiger partial charge < -0.3 is 11.1 Å². The lowest BCUT2D eigenvalue weighted by Crippen LogP contribution is -2.46. The fourth-order valence-corrected chi connectivity index (χ4v) is 2.02. The number of hydrogen-bond donors (Lipinski definition) is 2. The first-order chi connectivity index (χ1) is 8.27. The Hall–Kier alpha value is -0.860. The van der Waals surface area contributed by atoms with Crippen molar-refractivity contribution in [3.8, 4) is 0 Å². The van der Waals surface area contributed by atoms with E-state index in [-0.39, 0.29) is 11.0 Å². The first-order valence-electron chi connectivity index (χ1n) is 6.79. The second-order valence-corrected chi connectivity index (χ2v) is 6.53. The zero-order valence-electron chi connectivity index (χ0n) is 12.5. The van der Waals surface area contributed by atoms with Gasteiger partial charge in [0.15, 0.2) is 0 Å². The van der Waals surface area contributed by atoms with Gasteiger partial charge in [-0.15, -0.1) is 0 Å². The van der Waals surface area contributed by atoms with Gasteiger partial charge in [-0.05, 0) is 39.3 Å². The zero-order valence-corrected chi connectivity index (χ0v) is 12.5. The molecule has 3 N–H and O–H groups in total. The monoisotopic (exact) mass is 248 g/mol. The Morgan fingerprint density at radius 3 is 2.11 bits per heavy atom. The number of rotatable bonds is 6. The van der Waals surface area contributed by atoms with E-state index in [2.05, 4.69) is 64.2 Å². The molecular weight excluding hydrogens is 220 g/mol. The quantitative estimate of drug-likeness (QED) is 0.812. The summed E-state index contributed by atoms with van der Waals surface area (Å²) in [5.74, 6) is 0. The highest BCUT2D eigenvalue weighted by molar-refractivity contribution is 5.27. The van der Waals surface area contributed by atoms with Gasteiger partial charge in [0, 0.05) is 17.5 Å². The van der Waals surface area contributed by atoms with Crippen molar-refractivity contribution in [3.63, 3.8) is 0 Å². The van der Waals surface area contributed by atoms with Crippen LogP contribution in [0.15, 0.2) is 24.3 Å². The molecule has 18 heavy (non-hydrogen) atoms. The highest BCUT2D eigenvalue weighted by atomic mass is 15.0. The van der Waals surface area contributed by atoms with Crippen LogP contribution in [0.5, 0.6) is 0 Å². The summed E-state index contributed by atoms with van der Waals surface area (Å²) < 4.78 is 0. The van der Waals surface area contributed by atoms with Gasteiger partial charge in [-0.1, -0.05) is 43.7 Å².